The molecule has 1 fully saturated rings. The molecule has 0 bridgehead atoms. The zero-order valence-electron chi connectivity index (χ0n) is 13.4. The first-order valence-electron chi connectivity index (χ1n) is 8.10. The van der Waals surface area contributed by atoms with E-state index in [1.54, 1.807) is 0 Å². The first-order chi connectivity index (χ1) is 10.2. The van der Waals surface area contributed by atoms with Crippen molar-refractivity contribution in [1.82, 2.24) is 15.0 Å². The quantitative estimate of drug-likeness (QED) is 0.767. The molecule has 0 radical (unpaired) electrons. The van der Waals surface area contributed by atoms with Crippen LogP contribution in [0.15, 0.2) is 0 Å². The van der Waals surface area contributed by atoms with Gasteiger partial charge in [-0.3, -0.25) is 0 Å². The van der Waals surface area contributed by atoms with Crippen LogP contribution in [0, 0.1) is 5.92 Å². The van der Waals surface area contributed by atoms with Crippen molar-refractivity contribution >= 4 is 11.9 Å². The molecule has 1 saturated carbocycles. The van der Waals surface area contributed by atoms with E-state index in [4.69, 9.17) is 4.74 Å². The van der Waals surface area contributed by atoms with Gasteiger partial charge >= 0.3 is 6.01 Å². The minimum absolute atomic E-state index is 0.402. The molecule has 118 valence electrons. The molecule has 2 N–H and O–H groups in total. The van der Waals surface area contributed by atoms with Crippen molar-refractivity contribution in [3.63, 3.8) is 0 Å². The molecule has 0 aliphatic heterocycles. The summed E-state index contributed by atoms with van der Waals surface area (Å²) in [6.45, 7) is 7.94. The molecule has 0 amide bonds. The second-order valence-electron chi connectivity index (χ2n) is 5.80. The molecule has 2 atom stereocenters. The summed E-state index contributed by atoms with van der Waals surface area (Å²) in [5.74, 6) is 1.98. The number of anilines is 2. The van der Waals surface area contributed by atoms with Gasteiger partial charge in [-0.15, -0.1) is 0 Å². The van der Waals surface area contributed by atoms with Crippen LogP contribution >= 0.6 is 0 Å². The second kappa shape index (κ2) is 8.00. The Bertz CT molecular complexity index is 414. The van der Waals surface area contributed by atoms with Gasteiger partial charge in [-0.25, -0.2) is 0 Å². The van der Waals surface area contributed by atoms with E-state index < -0.39 is 0 Å². The molecular formula is C15H27N5O. The van der Waals surface area contributed by atoms with Gasteiger partial charge in [-0.1, -0.05) is 20.8 Å². The fourth-order valence-electron chi connectivity index (χ4n) is 2.52. The van der Waals surface area contributed by atoms with Crippen LogP contribution in [0.25, 0.3) is 0 Å². The summed E-state index contributed by atoms with van der Waals surface area (Å²) < 4.78 is 5.56. The third-order valence-electron chi connectivity index (χ3n) is 3.61. The van der Waals surface area contributed by atoms with E-state index in [9.17, 15) is 0 Å². The lowest BCUT2D eigenvalue weighted by Gasteiger charge is -2.14. The van der Waals surface area contributed by atoms with Gasteiger partial charge in [0, 0.05) is 12.6 Å². The monoisotopic (exact) mass is 293 g/mol. The van der Waals surface area contributed by atoms with Crippen LogP contribution in [0.3, 0.4) is 0 Å². The van der Waals surface area contributed by atoms with Gasteiger partial charge in [0.2, 0.25) is 11.9 Å². The first-order valence-corrected chi connectivity index (χ1v) is 8.10. The molecule has 1 aliphatic rings. The van der Waals surface area contributed by atoms with Gasteiger partial charge in [-0.05, 0) is 38.0 Å². The SMILES string of the molecule is CCCNc1nc(NC2CCC(C)C2)nc(OCCC)n1. The molecule has 0 spiro atoms. The van der Waals surface area contributed by atoms with Crippen LogP contribution in [-0.2, 0) is 0 Å². The smallest absolute Gasteiger partial charge is 0.323 e. The molecule has 6 nitrogen and oxygen atoms in total. The topological polar surface area (TPSA) is 72.0 Å². The average molecular weight is 293 g/mol. The Morgan fingerprint density at radius 3 is 2.57 bits per heavy atom. The zero-order chi connectivity index (χ0) is 15.1. The number of aromatic nitrogens is 3. The minimum Gasteiger partial charge on any atom is -0.463 e. The number of hydrogen-bond acceptors (Lipinski definition) is 6. The third kappa shape index (κ3) is 5.02. The summed E-state index contributed by atoms with van der Waals surface area (Å²) in [5, 5.41) is 6.63. The van der Waals surface area contributed by atoms with Crippen molar-refractivity contribution < 1.29 is 4.74 Å². The van der Waals surface area contributed by atoms with Crippen LogP contribution in [0.4, 0.5) is 11.9 Å². The highest BCUT2D eigenvalue weighted by Crippen LogP contribution is 2.27. The molecule has 0 aromatic carbocycles. The normalized spacial score (nSPS) is 21.3. The molecular weight excluding hydrogens is 266 g/mol. The van der Waals surface area contributed by atoms with E-state index in [0.29, 0.717) is 30.6 Å². The molecule has 1 heterocycles. The van der Waals surface area contributed by atoms with Crippen LogP contribution in [0.1, 0.15) is 52.9 Å². The largest absolute Gasteiger partial charge is 0.463 e. The van der Waals surface area contributed by atoms with Gasteiger partial charge in [0.1, 0.15) is 0 Å². The van der Waals surface area contributed by atoms with Gasteiger partial charge < -0.3 is 15.4 Å². The van der Waals surface area contributed by atoms with E-state index in [2.05, 4.69) is 46.4 Å². The fourth-order valence-corrected chi connectivity index (χ4v) is 2.52. The number of rotatable bonds is 8. The number of hydrogen-bond donors (Lipinski definition) is 2. The molecule has 1 aliphatic carbocycles. The molecule has 2 unspecified atom stereocenters. The predicted octanol–water partition coefficient (Wildman–Crippen LogP) is 3.08. The molecule has 0 saturated heterocycles. The van der Waals surface area contributed by atoms with Crippen LogP contribution in [-0.4, -0.2) is 34.1 Å². The van der Waals surface area contributed by atoms with Crippen LogP contribution < -0.4 is 15.4 Å². The Morgan fingerprint density at radius 2 is 1.90 bits per heavy atom. The first kappa shape index (κ1) is 15.8. The molecule has 6 heteroatoms. The lowest BCUT2D eigenvalue weighted by atomic mass is 10.1. The summed E-state index contributed by atoms with van der Waals surface area (Å²) in [5.41, 5.74) is 0. The van der Waals surface area contributed by atoms with Crippen molar-refractivity contribution in [2.24, 2.45) is 5.92 Å². The fraction of sp³-hybridized carbons (Fsp3) is 0.800. The second-order valence-corrected chi connectivity index (χ2v) is 5.80. The number of nitrogens with one attached hydrogen (secondary N) is 2. The average Bonchev–Trinajstić information content (AvgIpc) is 2.88. The maximum absolute atomic E-state index is 5.56. The molecule has 2 rings (SSSR count). The number of ether oxygens (including phenoxy) is 1. The summed E-state index contributed by atoms with van der Waals surface area (Å²) in [7, 11) is 0. The molecule has 21 heavy (non-hydrogen) atoms. The van der Waals surface area contributed by atoms with Gasteiger partial charge in [-0.2, -0.15) is 15.0 Å². The van der Waals surface area contributed by atoms with Crippen molar-refractivity contribution in [3.05, 3.63) is 0 Å². The lowest BCUT2D eigenvalue weighted by Crippen LogP contribution is -2.19. The lowest BCUT2D eigenvalue weighted by molar-refractivity contribution is 0.292. The van der Waals surface area contributed by atoms with Gasteiger partial charge in [0.15, 0.2) is 0 Å². The maximum Gasteiger partial charge on any atom is 0.323 e. The zero-order valence-corrected chi connectivity index (χ0v) is 13.4. The highest BCUT2D eigenvalue weighted by Gasteiger charge is 2.22. The molecule has 1 aromatic heterocycles. The summed E-state index contributed by atoms with van der Waals surface area (Å²) >= 11 is 0. The summed E-state index contributed by atoms with van der Waals surface area (Å²) in [6, 6.07) is 0.861. The third-order valence-corrected chi connectivity index (χ3v) is 3.61. The van der Waals surface area contributed by atoms with E-state index in [1.807, 2.05) is 0 Å². The summed E-state index contributed by atoms with van der Waals surface area (Å²) in [4.78, 5) is 13.1. The van der Waals surface area contributed by atoms with E-state index in [0.717, 1.165) is 25.3 Å². The van der Waals surface area contributed by atoms with Gasteiger partial charge in [0.05, 0.1) is 6.61 Å². The Hall–Kier alpha value is -1.59. The number of nitrogens with zero attached hydrogens (tertiary/aromatic N) is 3. The van der Waals surface area contributed by atoms with E-state index >= 15 is 0 Å². The Kier molecular flexibility index (Phi) is 6.02. The Morgan fingerprint density at radius 1 is 1.10 bits per heavy atom. The highest BCUT2D eigenvalue weighted by atomic mass is 16.5. The van der Waals surface area contributed by atoms with Crippen LogP contribution in [0.2, 0.25) is 0 Å². The Balaban J connectivity index is 2.06. The minimum atomic E-state index is 0.402. The van der Waals surface area contributed by atoms with Crippen molar-refractivity contribution in [1.29, 1.82) is 0 Å². The van der Waals surface area contributed by atoms with E-state index in [1.165, 1.54) is 19.3 Å². The van der Waals surface area contributed by atoms with Crippen molar-refractivity contribution in [3.8, 4) is 6.01 Å². The van der Waals surface area contributed by atoms with Crippen LogP contribution in [0.5, 0.6) is 6.01 Å². The summed E-state index contributed by atoms with van der Waals surface area (Å²) in [6.07, 6.45) is 5.58. The Labute approximate surface area is 127 Å². The molecule has 1 aromatic rings. The maximum atomic E-state index is 5.56. The highest BCUT2D eigenvalue weighted by molar-refractivity contribution is 5.36. The predicted molar refractivity (Wildman–Crippen MR) is 84.8 cm³/mol. The standard InChI is InChI=1S/C15H27N5O/c1-4-8-16-13-18-14(17-12-7-6-11(3)10-12)20-15(19-13)21-9-5-2/h11-12H,4-10H2,1-3H3,(H2,16,17,18,19,20). The van der Waals surface area contributed by atoms with Crippen molar-refractivity contribution in [2.75, 3.05) is 23.8 Å². The van der Waals surface area contributed by atoms with Crippen molar-refractivity contribution in [2.45, 2.75) is 58.9 Å². The van der Waals surface area contributed by atoms with E-state index in [-0.39, 0.29) is 0 Å². The van der Waals surface area contributed by atoms with Gasteiger partial charge in [0.25, 0.3) is 0 Å².